The lowest BCUT2D eigenvalue weighted by Gasteiger charge is -2.16. The molecule has 3 heterocycles. The highest BCUT2D eigenvalue weighted by atomic mass is 16.5. The van der Waals surface area contributed by atoms with Gasteiger partial charge in [-0.25, -0.2) is 9.36 Å². The molecule has 0 spiro atoms. The van der Waals surface area contributed by atoms with Crippen LogP contribution in [0.3, 0.4) is 0 Å². The van der Waals surface area contributed by atoms with Crippen LogP contribution in [0.2, 0.25) is 0 Å². The van der Waals surface area contributed by atoms with Crippen molar-refractivity contribution in [1.82, 2.24) is 18.7 Å². The van der Waals surface area contributed by atoms with Crippen LogP contribution in [0.4, 0.5) is 11.6 Å². The van der Waals surface area contributed by atoms with Crippen molar-refractivity contribution < 1.29 is 14.6 Å². The van der Waals surface area contributed by atoms with Crippen molar-refractivity contribution >= 4 is 28.8 Å². The Morgan fingerprint density at radius 2 is 1.93 bits per heavy atom. The Kier molecular flexibility index (Phi) is 3.76. The molecule has 1 aromatic carbocycles. The molecule has 4 rings (SSSR count). The molecule has 0 saturated carbocycles. The van der Waals surface area contributed by atoms with Gasteiger partial charge in [0.15, 0.2) is 11.2 Å². The molecule has 0 radical (unpaired) electrons. The number of carboxylic acids is 1. The number of methoxy groups -OCH3 is 1. The van der Waals surface area contributed by atoms with E-state index in [4.69, 9.17) is 9.84 Å². The molecule has 3 aromatic rings. The average molecular weight is 371 g/mol. The smallest absolute Gasteiger partial charge is 0.333 e. The molecule has 1 aliphatic heterocycles. The summed E-state index contributed by atoms with van der Waals surface area (Å²) in [6, 6.07) is 7.43. The highest BCUT2D eigenvalue weighted by Crippen LogP contribution is 2.32. The van der Waals surface area contributed by atoms with E-state index in [0.717, 1.165) is 16.0 Å². The number of carbonyl (C=O) groups is 1. The van der Waals surface area contributed by atoms with Gasteiger partial charge in [0.1, 0.15) is 12.3 Å². The number of carboxylic acid groups (broad SMARTS) is 1. The summed E-state index contributed by atoms with van der Waals surface area (Å²) in [5.74, 6) is 0.00955. The molecule has 0 amide bonds. The minimum Gasteiger partial charge on any atom is -0.497 e. The van der Waals surface area contributed by atoms with Crippen LogP contribution < -0.4 is 20.9 Å². The molecule has 1 aliphatic rings. The molecule has 0 fully saturated rings. The van der Waals surface area contributed by atoms with Crippen LogP contribution in [-0.4, -0.2) is 43.4 Å². The van der Waals surface area contributed by atoms with Crippen LogP contribution in [0.25, 0.3) is 11.2 Å². The summed E-state index contributed by atoms with van der Waals surface area (Å²) in [7, 11) is 3.07. The zero-order chi connectivity index (χ0) is 19.3. The zero-order valence-electron chi connectivity index (χ0n) is 14.7. The first-order valence-electron chi connectivity index (χ1n) is 8.26. The van der Waals surface area contributed by atoms with Gasteiger partial charge in [-0.2, -0.15) is 4.98 Å². The Morgan fingerprint density at radius 1 is 1.22 bits per heavy atom. The molecule has 0 unspecified atom stereocenters. The van der Waals surface area contributed by atoms with Gasteiger partial charge in [-0.05, 0) is 24.3 Å². The normalized spacial score (nSPS) is 13.2. The maximum atomic E-state index is 12.8. The van der Waals surface area contributed by atoms with Crippen molar-refractivity contribution in [2.45, 2.75) is 13.1 Å². The first kappa shape index (κ1) is 16.9. The quantitative estimate of drug-likeness (QED) is 0.694. The van der Waals surface area contributed by atoms with Gasteiger partial charge in [-0.1, -0.05) is 0 Å². The van der Waals surface area contributed by atoms with E-state index in [1.165, 1.54) is 11.6 Å². The first-order valence-corrected chi connectivity index (χ1v) is 8.26. The lowest BCUT2D eigenvalue weighted by molar-refractivity contribution is -0.137. The maximum Gasteiger partial charge on any atom is 0.333 e. The molecule has 10 heteroatoms. The minimum absolute atomic E-state index is 0.226. The van der Waals surface area contributed by atoms with Crippen LogP contribution >= 0.6 is 0 Å². The topological polar surface area (TPSA) is 112 Å². The summed E-state index contributed by atoms with van der Waals surface area (Å²) in [5, 5.41) is 9.01. The number of ether oxygens (including phenoxy) is 1. The number of fused-ring (bicyclic) bond motifs is 3. The minimum atomic E-state index is -1.26. The highest BCUT2D eigenvalue weighted by Gasteiger charge is 2.29. The van der Waals surface area contributed by atoms with Crippen molar-refractivity contribution in [1.29, 1.82) is 0 Å². The number of aromatic nitrogens is 4. The van der Waals surface area contributed by atoms with Crippen molar-refractivity contribution in [2.24, 2.45) is 7.05 Å². The van der Waals surface area contributed by atoms with E-state index in [1.807, 2.05) is 29.2 Å². The molecule has 0 saturated heterocycles. The number of aliphatic carboxylic acids is 1. The summed E-state index contributed by atoms with van der Waals surface area (Å²) < 4.78 is 8.81. The number of imidazole rings is 1. The van der Waals surface area contributed by atoms with Crippen molar-refractivity contribution in [3.8, 4) is 5.75 Å². The summed E-state index contributed by atoms with van der Waals surface area (Å²) in [5.41, 5.74) is -0.0153. The average Bonchev–Trinajstić information content (AvgIpc) is 3.22. The standard InChI is InChI=1S/C17H17N5O5/c1-19-14-13(15(25)22(17(19)26)9-12(23)24)21-8-7-20(16(21)18-14)10-3-5-11(27-2)6-4-10/h3-6H,7-9H2,1-2H3,(H,23,24). The third-order valence-electron chi connectivity index (χ3n) is 4.68. The highest BCUT2D eigenvalue weighted by molar-refractivity contribution is 5.78. The van der Waals surface area contributed by atoms with E-state index in [0.29, 0.717) is 19.0 Å². The zero-order valence-corrected chi connectivity index (χ0v) is 14.7. The summed E-state index contributed by atoms with van der Waals surface area (Å²) in [6.45, 7) is 0.411. The second-order valence-electron chi connectivity index (χ2n) is 6.21. The van der Waals surface area contributed by atoms with E-state index < -0.39 is 23.8 Å². The lowest BCUT2D eigenvalue weighted by Crippen LogP contribution is -2.41. The Hall–Kier alpha value is -3.56. The summed E-state index contributed by atoms with van der Waals surface area (Å²) in [6.07, 6.45) is 0. The molecule has 0 aliphatic carbocycles. The molecule has 140 valence electrons. The van der Waals surface area contributed by atoms with Gasteiger partial charge in [-0.15, -0.1) is 0 Å². The number of anilines is 2. The van der Waals surface area contributed by atoms with Crippen LogP contribution in [0.5, 0.6) is 5.75 Å². The van der Waals surface area contributed by atoms with Crippen molar-refractivity contribution in [2.75, 3.05) is 18.6 Å². The number of benzene rings is 1. The Bertz CT molecular complexity index is 1170. The van der Waals surface area contributed by atoms with Gasteiger partial charge >= 0.3 is 11.7 Å². The second-order valence-corrected chi connectivity index (χ2v) is 6.21. The van der Waals surface area contributed by atoms with E-state index in [-0.39, 0.29) is 11.2 Å². The molecule has 0 bridgehead atoms. The van der Waals surface area contributed by atoms with Gasteiger partial charge < -0.3 is 19.3 Å². The Labute approximate surface area is 152 Å². The molecule has 27 heavy (non-hydrogen) atoms. The Morgan fingerprint density at radius 3 is 2.56 bits per heavy atom. The monoisotopic (exact) mass is 371 g/mol. The predicted molar refractivity (Wildman–Crippen MR) is 96.9 cm³/mol. The molecule has 10 nitrogen and oxygen atoms in total. The largest absolute Gasteiger partial charge is 0.497 e. The molecule has 1 N–H and O–H groups in total. The fourth-order valence-corrected chi connectivity index (χ4v) is 3.36. The van der Waals surface area contributed by atoms with Crippen LogP contribution in [-0.2, 0) is 24.9 Å². The predicted octanol–water partition coefficient (Wildman–Crippen LogP) is 0.142. The number of hydrogen-bond donors (Lipinski definition) is 1. The third-order valence-corrected chi connectivity index (χ3v) is 4.68. The first-order chi connectivity index (χ1) is 12.9. The SMILES string of the molecule is COc1ccc(N2CCn3c2nc2c3c(=O)n(CC(=O)O)c(=O)n2C)cc1. The van der Waals surface area contributed by atoms with Crippen LogP contribution in [0.15, 0.2) is 33.9 Å². The fraction of sp³-hybridized carbons (Fsp3) is 0.294. The van der Waals surface area contributed by atoms with E-state index in [2.05, 4.69) is 4.98 Å². The van der Waals surface area contributed by atoms with Crippen LogP contribution in [0, 0.1) is 0 Å². The van der Waals surface area contributed by atoms with Gasteiger partial charge in [0.05, 0.1) is 7.11 Å². The Balaban J connectivity index is 1.90. The van der Waals surface area contributed by atoms with Crippen LogP contribution in [0.1, 0.15) is 0 Å². The molecular formula is C17H17N5O5. The lowest BCUT2D eigenvalue weighted by atomic mass is 10.3. The van der Waals surface area contributed by atoms with Crippen molar-refractivity contribution in [3.63, 3.8) is 0 Å². The van der Waals surface area contributed by atoms with Gasteiger partial charge in [0, 0.05) is 25.8 Å². The third kappa shape index (κ3) is 2.48. The number of hydrogen-bond acceptors (Lipinski definition) is 6. The fourth-order valence-electron chi connectivity index (χ4n) is 3.36. The van der Waals surface area contributed by atoms with E-state index in [1.54, 1.807) is 11.7 Å². The van der Waals surface area contributed by atoms with E-state index in [9.17, 15) is 14.4 Å². The molecule has 0 atom stereocenters. The summed E-state index contributed by atoms with van der Waals surface area (Å²) in [4.78, 5) is 42.6. The summed E-state index contributed by atoms with van der Waals surface area (Å²) >= 11 is 0. The van der Waals surface area contributed by atoms with Gasteiger partial charge in [0.2, 0.25) is 5.95 Å². The van der Waals surface area contributed by atoms with Gasteiger partial charge in [0.25, 0.3) is 5.56 Å². The number of aryl methyl sites for hydroxylation is 1. The molecular weight excluding hydrogens is 354 g/mol. The molecule has 2 aromatic heterocycles. The van der Waals surface area contributed by atoms with Gasteiger partial charge in [-0.3, -0.25) is 14.2 Å². The maximum absolute atomic E-state index is 12.8. The van der Waals surface area contributed by atoms with Crippen molar-refractivity contribution in [3.05, 3.63) is 45.1 Å². The number of rotatable bonds is 4. The van der Waals surface area contributed by atoms with E-state index >= 15 is 0 Å². The number of nitrogens with zero attached hydrogens (tertiary/aromatic N) is 5. The second kappa shape index (κ2) is 6.01.